The van der Waals surface area contributed by atoms with Crippen molar-refractivity contribution in [3.8, 4) is 5.75 Å². The maximum atomic E-state index is 13.1. The van der Waals surface area contributed by atoms with Crippen LogP contribution in [0.25, 0.3) is 0 Å². The summed E-state index contributed by atoms with van der Waals surface area (Å²) in [7, 11) is 1.59. The second-order valence-corrected chi connectivity index (χ2v) is 5.72. The number of rotatable bonds is 7. The number of hydrogen-bond donors (Lipinski definition) is 1. The van der Waals surface area contributed by atoms with E-state index in [1.54, 1.807) is 37.4 Å². The summed E-state index contributed by atoms with van der Waals surface area (Å²) in [5.74, 6) is 0.235. The van der Waals surface area contributed by atoms with E-state index in [9.17, 15) is 9.18 Å². The molecule has 0 fully saturated rings. The number of hydrogen-bond acceptors (Lipinski definition) is 3. The first-order valence-corrected chi connectivity index (χ1v) is 7.99. The van der Waals surface area contributed by atoms with Gasteiger partial charge in [0.25, 0.3) is 0 Å². The monoisotopic (exact) mass is 350 g/mol. The summed E-state index contributed by atoms with van der Waals surface area (Å²) in [6, 6.07) is 11.4. The molecule has 0 heterocycles. The van der Waals surface area contributed by atoms with Crippen molar-refractivity contribution in [2.45, 2.75) is 13.5 Å². The van der Waals surface area contributed by atoms with Gasteiger partial charge >= 0.3 is 0 Å². The van der Waals surface area contributed by atoms with Gasteiger partial charge < -0.3 is 10.1 Å². The van der Waals surface area contributed by atoms with E-state index in [2.05, 4.69) is 5.32 Å². The highest BCUT2D eigenvalue weighted by Gasteiger charge is 2.12. The predicted molar refractivity (Wildman–Crippen MR) is 94.0 cm³/mol. The lowest BCUT2D eigenvalue weighted by atomic mass is 10.2. The Morgan fingerprint density at radius 3 is 2.54 bits per heavy atom. The zero-order chi connectivity index (χ0) is 17.5. The molecule has 0 aliphatic rings. The van der Waals surface area contributed by atoms with Crippen molar-refractivity contribution in [3.63, 3.8) is 0 Å². The fourth-order valence-corrected chi connectivity index (χ4v) is 2.48. The maximum Gasteiger partial charge on any atom is 0.238 e. The standard InChI is InChI=1S/C18H20ClFN2O2/c1-3-22(11-13-4-5-14(20)10-17(13)19)12-18(23)21-15-6-8-16(24-2)9-7-15/h4-10H,3,11-12H2,1-2H3,(H,21,23). The number of methoxy groups -OCH3 is 1. The Morgan fingerprint density at radius 1 is 1.25 bits per heavy atom. The van der Waals surface area contributed by atoms with Crippen molar-refractivity contribution in [2.24, 2.45) is 0 Å². The minimum absolute atomic E-state index is 0.125. The Balaban J connectivity index is 1.94. The van der Waals surface area contributed by atoms with Crippen molar-refractivity contribution >= 4 is 23.2 Å². The van der Waals surface area contributed by atoms with E-state index >= 15 is 0 Å². The fourth-order valence-electron chi connectivity index (χ4n) is 2.25. The molecule has 2 rings (SSSR count). The number of ether oxygens (including phenoxy) is 1. The average molecular weight is 351 g/mol. The number of anilines is 1. The molecule has 0 saturated carbocycles. The molecule has 0 saturated heterocycles. The van der Waals surface area contributed by atoms with E-state index in [1.165, 1.54) is 12.1 Å². The Bertz CT molecular complexity index is 692. The lowest BCUT2D eigenvalue weighted by molar-refractivity contribution is -0.117. The molecule has 0 radical (unpaired) electrons. The van der Waals surface area contributed by atoms with Gasteiger partial charge in [-0.15, -0.1) is 0 Å². The highest BCUT2D eigenvalue weighted by molar-refractivity contribution is 6.31. The quantitative estimate of drug-likeness (QED) is 0.822. The minimum Gasteiger partial charge on any atom is -0.497 e. The van der Waals surface area contributed by atoms with Crippen LogP contribution in [0.4, 0.5) is 10.1 Å². The molecular weight excluding hydrogens is 331 g/mol. The number of nitrogens with one attached hydrogen (secondary N) is 1. The summed E-state index contributed by atoms with van der Waals surface area (Å²) in [6.07, 6.45) is 0. The van der Waals surface area contributed by atoms with E-state index in [0.717, 1.165) is 11.3 Å². The number of nitrogens with zero attached hydrogens (tertiary/aromatic N) is 1. The van der Waals surface area contributed by atoms with Crippen LogP contribution in [0, 0.1) is 5.82 Å². The first-order valence-electron chi connectivity index (χ1n) is 7.62. The molecule has 2 aromatic rings. The molecule has 6 heteroatoms. The molecule has 1 amide bonds. The summed E-state index contributed by atoms with van der Waals surface area (Å²) in [4.78, 5) is 14.1. The molecule has 0 aliphatic heterocycles. The van der Waals surface area contributed by atoms with Crippen molar-refractivity contribution in [1.82, 2.24) is 4.90 Å². The van der Waals surface area contributed by atoms with Gasteiger partial charge in [0.05, 0.1) is 13.7 Å². The molecule has 24 heavy (non-hydrogen) atoms. The van der Waals surface area contributed by atoms with Gasteiger partial charge in [0, 0.05) is 17.3 Å². The number of amides is 1. The van der Waals surface area contributed by atoms with E-state index in [1.807, 2.05) is 11.8 Å². The molecule has 128 valence electrons. The van der Waals surface area contributed by atoms with Gasteiger partial charge in [-0.3, -0.25) is 9.69 Å². The van der Waals surface area contributed by atoms with Gasteiger partial charge in [0.2, 0.25) is 5.91 Å². The second kappa shape index (κ2) is 8.66. The van der Waals surface area contributed by atoms with Gasteiger partial charge in [-0.1, -0.05) is 24.6 Å². The van der Waals surface area contributed by atoms with E-state index in [4.69, 9.17) is 16.3 Å². The zero-order valence-corrected chi connectivity index (χ0v) is 14.4. The Labute approximate surface area is 146 Å². The van der Waals surface area contributed by atoms with Gasteiger partial charge in [0.1, 0.15) is 11.6 Å². The van der Waals surface area contributed by atoms with E-state index in [0.29, 0.717) is 23.8 Å². The Hall–Kier alpha value is -2.11. The number of halogens is 2. The van der Waals surface area contributed by atoms with Crippen LogP contribution in [0.5, 0.6) is 5.75 Å². The van der Waals surface area contributed by atoms with Crippen LogP contribution in [0.15, 0.2) is 42.5 Å². The summed E-state index contributed by atoms with van der Waals surface area (Å²) in [5.41, 5.74) is 1.49. The summed E-state index contributed by atoms with van der Waals surface area (Å²) >= 11 is 6.05. The van der Waals surface area contributed by atoms with Crippen LogP contribution in [0.1, 0.15) is 12.5 Å². The number of carbonyl (C=O) groups excluding carboxylic acids is 1. The summed E-state index contributed by atoms with van der Waals surface area (Å²) in [5, 5.41) is 3.20. The summed E-state index contributed by atoms with van der Waals surface area (Å²) in [6.45, 7) is 3.32. The molecule has 0 bridgehead atoms. The lowest BCUT2D eigenvalue weighted by Crippen LogP contribution is -2.32. The lowest BCUT2D eigenvalue weighted by Gasteiger charge is -2.20. The van der Waals surface area contributed by atoms with Crippen molar-refractivity contribution < 1.29 is 13.9 Å². The van der Waals surface area contributed by atoms with Crippen LogP contribution in [0.3, 0.4) is 0 Å². The molecular formula is C18H20ClFN2O2. The predicted octanol–water partition coefficient (Wildman–Crippen LogP) is 3.95. The number of likely N-dealkylation sites (N-methyl/N-ethyl adjacent to an activating group) is 1. The third kappa shape index (κ3) is 5.22. The topological polar surface area (TPSA) is 41.6 Å². The van der Waals surface area contributed by atoms with Crippen molar-refractivity contribution in [2.75, 3.05) is 25.5 Å². The normalized spacial score (nSPS) is 10.7. The van der Waals surface area contributed by atoms with Gasteiger partial charge in [-0.25, -0.2) is 4.39 Å². The molecule has 1 N–H and O–H groups in total. The molecule has 4 nitrogen and oxygen atoms in total. The Morgan fingerprint density at radius 2 is 1.96 bits per heavy atom. The van der Waals surface area contributed by atoms with Gasteiger partial charge in [-0.2, -0.15) is 0 Å². The smallest absolute Gasteiger partial charge is 0.238 e. The maximum absolute atomic E-state index is 13.1. The fraction of sp³-hybridized carbons (Fsp3) is 0.278. The molecule has 0 aromatic heterocycles. The van der Waals surface area contributed by atoms with E-state index in [-0.39, 0.29) is 18.3 Å². The Kier molecular flexibility index (Phi) is 6.58. The average Bonchev–Trinajstić information content (AvgIpc) is 2.57. The van der Waals surface area contributed by atoms with Crippen molar-refractivity contribution in [1.29, 1.82) is 0 Å². The highest BCUT2D eigenvalue weighted by Crippen LogP contribution is 2.19. The minimum atomic E-state index is -0.371. The number of benzene rings is 2. The van der Waals surface area contributed by atoms with Crippen LogP contribution in [-0.4, -0.2) is 31.0 Å². The molecule has 0 aliphatic carbocycles. The van der Waals surface area contributed by atoms with Crippen LogP contribution >= 0.6 is 11.6 Å². The molecule has 2 aromatic carbocycles. The van der Waals surface area contributed by atoms with Crippen LogP contribution in [-0.2, 0) is 11.3 Å². The third-order valence-electron chi connectivity index (χ3n) is 3.60. The largest absolute Gasteiger partial charge is 0.497 e. The molecule has 0 spiro atoms. The number of carbonyl (C=O) groups is 1. The van der Waals surface area contributed by atoms with Gasteiger partial charge in [0.15, 0.2) is 0 Å². The van der Waals surface area contributed by atoms with Gasteiger partial charge in [-0.05, 0) is 48.5 Å². The summed E-state index contributed by atoms with van der Waals surface area (Å²) < 4.78 is 18.2. The third-order valence-corrected chi connectivity index (χ3v) is 3.95. The zero-order valence-electron chi connectivity index (χ0n) is 13.7. The van der Waals surface area contributed by atoms with Crippen LogP contribution < -0.4 is 10.1 Å². The van der Waals surface area contributed by atoms with Crippen molar-refractivity contribution in [3.05, 3.63) is 58.9 Å². The molecule has 0 unspecified atom stereocenters. The van der Waals surface area contributed by atoms with Crippen LogP contribution in [0.2, 0.25) is 5.02 Å². The molecule has 0 atom stereocenters. The first kappa shape index (κ1) is 18.2. The van der Waals surface area contributed by atoms with E-state index < -0.39 is 0 Å². The SMILES string of the molecule is CCN(CC(=O)Nc1ccc(OC)cc1)Cc1ccc(F)cc1Cl. The highest BCUT2D eigenvalue weighted by atomic mass is 35.5. The first-order chi connectivity index (χ1) is 11.5. The second-order valence-electron chi connectivity index (χ2n) is 5.32.